The van der Waals surface area contributed by atoms with E-state index < -0.39 is 18.4 Å². The first-order valence-electron chi connectivity index (χ1n) is 22.0. The molecule has 0 saturated heterocycles. The van der Waals surface area contributed by atoms with Gasteiger partial charge in [0.2, 0.25) is 0 Å². The van der Waals surface area contributed by atoms with Gasteiger partial charge in [-0.15, -0.1) is 0 Å². The third-order valence-corrected chi connectivity index (χ3v) is 12.0. The smallest absolute Gasteiger partial charge is 0.291 e. The molecule has 4 aromatic carbocycles. The summed E-state index contributed by atoms with van der Waals surface area (Å²) in [6.45, 7) is -0.711. The molecule has 67 heavy (non-hydrogen) atoms. The molecule has 5 aromatic heterocycles. The van der Waals surface area contributed by atoms with Crippen LogP contribution >= 0.6 is 0 Å². The summed E-state index contributed by atoms with van der Waals surface area (Å²) in [4.78, 5) is 53.5. The molecule has 0 atom stereocenters. The first-order valence-corrected chi connectivity index (χ1v) is 22.0. The number of carbonyl (C=O) groups is 1. The Hall–Kier alpha value is -8.46. The number of anilines is 4. The lowest BCUT2D eigenvalue weighted by molar-refractivity contribution is -0.00832. The van der Waals surface area contributed by atoms with Gasteiger partial charge in [-0.05, 0) is 133 Å². The largest absolute Gasteiger partial charge is 0.346 e. The Labute approximate surface area is 382 Å². The molecule has 0 unspecified atom stereocenters. The lowest BCUT2D eigenvalue weighted by Crippen LogP contribution is -2.41. The number of hydrogen-bond acceptors (Lipinski definition) is 10. The fraction of sp³-hybridized carbons (Fsp3) is 0.154. The molecule has 15 heteroatoms. The second kappa shape index (κ2) is 17.2. The number of hydrogen-bond donors (Lipinski definition) is 4. The van der Waals surface area contributed by atoms with Gasteiger partial charge in [0.05, 0.1) is 18.6 Å². The normalized spacial score (nSPS) is 14.9. The van der Waals surface area contributed by atoms with Crippen molar-refractivity contribution in [3.8, 4) is 39.6 Å². The zero-order valence-electron chi connectivity index (χ0n) is 35.8. The highest BCUT2D eigenvalue weighted by molar-refractivity contribution is 5.97. The van der Waals surface area contributed by atoms with Crippen LogP contribution in [-0.4, -0.2) is 51.9 Å². The number of pyridine rings is 2. The third-order valence-electron chi connectivity index (χ3n) is 12.0. The third kappa shape index (κ3) is 8.99. The molecule has 6 heterocycles. The van der Waals surface area contributed by atoms with Crippen LogP contribution in [-0.2, 0) is 5.92 Å². The Morgan fingerprint density at radius 2 is 1.24 bits per heavy atom. The fourth-order valence-electron chi connectivity index (χ4n) is 8.10. The number of halogens is 2. The molecule has 2 saturated carbocycles. The van der Waals surface area contributed by atoms with E-state index in [-0.39, 0.29) is 16.7 Å². The minimum absolute atomic E-state index is 0.0209. The number of rotatable bonds is 10. The number of amides is 1. The van der Waals surface area contributed by atoms with Crippen LogP contribution in [0.15, 0.2) is 157 Å². The SMILES string of the molecule is O=C1NCC(F)(F)c2cc(Nc3ccnc(-c4ccc(-n5cnc(C6CC6)c5)cc4)n3)ccc21.O=c1[nH]ccc2cc(Nc3ccnc(-c4ccc(-c5ccnc(C6CC6)c5)cc4)n3)ccc12. The summed E-state index contributed by atoms with van der Waals surface area (Å²) in [7, 11) is 0. The first kappa shape index (κ1) is 41.3. The van der Waals surface area contributed by atoms with E-state index in [1.165, 1.54) is 49.1 Å². The van der Waals surface area contributed by atoms with Crippen molar-refractivity contribution in [2.45, 2.75) is 43.4 Å². The number of carbonyl (C=O) groups excluding carboxylic acids is 1. The fourth-order valence-corrected chi connectivity index (χ4v) is 8.10. The van der Waals surface area contributed by atoms with Crippen molar-refractivity contribution in [2.24, 2.45) is 0 Å². The number of alkyl halides is 2. The topological polar surface area (TPSA) is 168 Å². The van der Waals surface area contributed by atoms with Gasteiger partial charge >= 0.3 is 0 Å². The lowest BCUT2D eigenvalue weighted by atomic mass is 9.96. The highest BCUT2D eigenvalue weighted by Gasteiger charge is 2.40. The molecule has 12 rings (SSSR count). The van der Waals surface area contributed by atoms with Crippen molar-refractivity contribution in [1.82, 2.24) is 44.8 Å². The second-order valence-corrected chi connectivity index (χ2v) is 16.9. The van der Waals surface area contributed by atoms with E-state index in [4.69, 9.17) is 0 Å². The average Bonchev–Trinajstić information content (AvgIpc) is 4.32. The molecule has 4 N–H and O–H groups in total. The summed E-state index contributed by atoms with van der Waals surface area (Å²) in [6.07, 6.45) is 15.7. The van der Waals surface area contributed by atoms with Crippen molar-refractivity contribution in [2.75, 3.05) is 17.2 Å². The van der Waals surface area contributed by atoms with Crippen LogP contribution in [0.5, 0.6) is 0 Å². The minimum atomic E-state index is -3.13. The van der Waals surface area contributed by atoms with Gasteiger partial charge in [-0.3, -0.25) is 14.6 Å². The van der Waals surface area contributed by atoms with Gasteiger partial charge in [-0.1, -0.05) is 24.3 Å². The number of H-pyrrole nitrogens is 1. The quantitative estimate of drug-likeness (QED) is 0.104. The monoisotopic (exact) mass is 889 g/mol. The Bertz CT molecular complexity index is 3360. The van der Waals surface area contributed by atoms with E-state index >= 15 is 0 Å². The number of benzene rings is 4. The van der Waals surface area contributed by atoms with E-state index in [1.807, 2.05) is 83.8 Å². The number of aromatic nitrogens is 8. The van der Waals surface area contributed by atoms with Crippen LogP contribution in [0, 0.1) is 0 Å². The first-order chi connectivity index (χ1) is 32.7. The lowest BCUT2D eigenvalue weighted by Gasteiger charge is -2.25. The zero-order chi connectivity index (χ0) is 45.5. The summed E-state index contributed by atoms with van der Waals surface area (Å²) in [5, 5.41) is 10.1. The number of aromatic amines is 1. The summed E-state index contributed by atoms with van der Waals surface area (Å²) in [6, 6.07) is 35.6. The molecular formula is C52H41F2N11O2. The number of imidazole rings is 1. The predicted octanol–water partition coefficient (Wildman–Crippen LogP) is 10.5. The molecule has 2 aliphatic carbocycles. The Balaban J connectivity index is 0.000000148. The highest BCUT2D eigenvalue weighted by atomic mass is 19.3. The maximum absolute atomic E-state index is 14.3. The molecule has 2 fully saturated rings. The molecule has 0 spiro atoms. The Morgan fingerprint density at radius 3 is 1.94 bits per heavy atom. The standard InChI is InChI=1S/C27H21N5O.C25H20F2N6O/c33-27-23-8-7-22(15-21(23)10-13-30-27)31-25-11-14-29-26(32-25)19-5-1-17(2-6-19)20-9-12-28-24(16-20)18-3-4-18;26-25(27)13-29-24(34)19-8-5-17(11-20(19)25)31-22-9-10-28-23(32-22)16-3-6-18(7-4-16)33-12-21(30-14-33)15-1-2-15/h1-2,5-16,18H,3-4H2,(H,30,33)(H,29,31,32);3-12,14-15H,1-2,13H2,(H,29,34)(H,28,31,32). The van der Waals surface area contributed by atoms with Crippen LogP contribution < -0.4 is 21.5 Å². The highest BCUT2D eigenvalue weighted by Crippen LogP contribution is 2.41. The van der Waals surface area contributed by atoms with Crippen LogP contribution in [0.3, 0.4) is 0 Å². The molecule has 0 radical (unpaired) electrons. The number of nitrogens with one attached hydrogen (secondary N) is 4. The number of fused-ring (bicyclic) bond motifs is 2. The molecule has 1 aliphatic heterocycles. The van der Waals surface area contributed by atoms with Gasteiger partial charge in [0.1, 0.15) is 11.6 Å². The van der Waals surface area contributed by atoms with E-state index in [1.54, 1.807) is 30.7 Å². The maximum atomic E-state index is 14.3. The van der Waals surface area contributed by atoms with Gasteiger partial charge in [-0.2, -0.15) is 8.78 Å². The maximum Gasteiger partial charge on any atom is 0.291 e. The van der Waals surface area contributed by atoms with Crippen molar-refractivity contribution in [3.63, 3.8) is 0 Å². The van der Waals surface area contributed by atoms with E-state index in [9.17, 15) is 18.4 Å². The Kier molecular flexibility index (Phi) is 10.6. The van der Waals surface area contributed by atoms with Gasteiger partial charge in [0.25, 0.3) is 17.4 Å². The summed E-state index contributed by atoms with van der Waals surface area (Å²) >= 11 is 0. The van der Waals surface area contributed by atoms with Crippen LogP contribution in [0.25, 0.3) is 50.4 Å². The van der Waals surface area contributed by atoms with Gasteiger partial charge in [-0.25, -0.2) is 24.9 Å². The van der Waals surface area contributed by atoms with Crippen molar-refractivity contribution < 1.29 is 13.6 Å². The average molecular weight is 890 g/mol. The van der Waals surface area contributed by atoms with E-state index in [0.717, 1.165) is 39.1 Å². The predicted molar refractivity (Wildman–Crippen MR) is 253 cm³/mol. The van der Waals surface area contributed by atoms with Crippen molar-refractivity contribution in [1.29, 1.82) is 0 Å². The molecule has 3 aliphatic rings. The summed E-state index contributed by atoms with van der Waals surface area (Å²) in [5.74, 6) is -0.0919. The van der Waals surface area contributed by atoms with Crippen LogP contribution in [0.2, 0.25) is 0 Å². The van der Waals surface area contributed by atoms with Gasteiger partial charge in [0, 0.05) is 93.2 Å². The molecule has 1 amide bonds. The van der Waals surface area contributed by atoms with Gasteiger partial charge < -0.3 is 25.5 Å². The van der Waals surface area contributed by atoms with Crippen LogP contribution in [0.1, 0.15) is 64.8 Å². The van der Waals surface area contributed by atoms with E-state index in [2.05, 4.69) is 81.3 Å². The summed E-state index contributed by atoms with van der Waals surface area (Å²) in [5.41, 5.74) is 8.29. The van der Waals surface area contributed by atoms with E-state index in [0.29, 0.717) is 46.2 Å². The van der Waals surface area contributed by atoms with Gasteiger partial charge in [0.15, 0.2) is 11.6 Å². The van der Waals surface area contributed by atoms with Crippen molar-refractivity contribution in [3.05, 3.63) is 185 Å². The molecule has 9 aromatic rings. The summed E-state index contributed by atoms with van der Waals surface area (Å²) < 4.78 is 30.6. The number of nitrogens with zero attached hydrogens (tertiary/aromatic N) is 7. The molecule has 13 nitrogen and oxygen atoms in total. The molecule has 330 valence electrons. The molecule has 0 bridgehead atoms. The van der Waals surface area contributed by atoms with Crippen molar-refractivity contribution >= 4 is 39.7 Å². The molecular weight excluding hydrogens is 849 g/mol. The second-order valence-electron chi connectivity index (χ2n) is 16.9. The Morgan fingerprint density at radius 1 is 0.612 bits per heavy atom. The van der Waals surface area contributed by atoms with Crippen LogP contribution in [0.4, 0.5) is 31.8 Å². The zero-order valence-corrected chi connectivity index (χ0v) is 35.8. The minimum Gasteiger partial charge on any atom is -0.346 e.